The van der Waals surface area contributed by atoms with Crippen molar-refractivity contribution in [3.05, 3.63) is 93.9 Å². The van der Waals surface area contributed by atoms with Crippen LogP contribution in [0.15, 0.2) is 59.0 Å². The molecule has 0 spiro atoms. The van der Waals surface area contributed by atoms with Crippen molar-refractivity contribution >= 4 is 17.7 Å². The predicted molar refractivity (Wildman–Crippen MR) is 149 cm³/mol. The van der Waals surface area contributed by atoms with E-state index in [1.54, 1.807) is 0 Å². The summed E-state index contributed by atoms with van der Waals surface area (Å²) in [6.45, 7) is 10.9. The second kappa shape index (κ2) is 11.0. The van der Waals surface area contributed by atoms with Crippen molar-refractivity contribution in [3.8, 4) is 0 Å². The molecule has 0 saturated carbocycles. The number of methoxy groups -OCH3 is 1. The van der Waals surface area contributed by atoms with Gasteiger partial charge in [0.1, 0.15) is 6.04 Å². The van der Waals surface area contributed by atoms with Gasteiger partial charge in [0.05, 0.1) is 7.11 Å². The molecule has 1 amide bonds. The molecule has 1 N–H and O–H groups in total. The van der Waals surface area contributed by atoms with Crippen LogP contribution in [-0.2, 0) is 26.8 Å². The minimum Gasteiger partial charge on any atom is -0.467 e. The number of ketones is 1. The van der Waals surface area contributed by atoms with Crippen molar-refractivity contribution in [2.45, 2.75) is 78.2 Å². The smallest absolute Gasteiger partial charge is 0.328 e. The lowest BCUT2D eigenvalue weighted by molar-refractivity contribution is -0.142. The molecule has 0 unspecified atom stereocenters. The lowest BCUT2D eigenvalue weighted by atomic mass is 9.62. The first kappa shape index (κ1) is 28.9. The van der Waals surface area contributed by atoms with Crippen LogP contribution in [0.4, 0.5) is 0 Å². The quantitative estimate of drug-likeness (QED) is 0.293. The Bertz CT molecular complexity index is 1330. The number of rotatable bonds is 7. The molecule has 0 radical (unpaired) electrons. The summed E-state index contributed by atoms with van der Waals surface area (Å²) in [6.07, 6.45) is 2.40. The topological polar surface area (TPSA) is 85.6 Å². The zero-order valence-electron chi connectivity index (χ0n) is 22.4. The van der Waals surface area contributed by atoms with Crippen LogP contribution in [0.2, 0.25) is 0 Å². The van der Waals surface area contributed by atoms with Gasteiger partial charge in [-0.25, -0.2) is 4.79 Å². The van der Waals surface area contributed by atoms with Crippen LogP contribution in [0.3, 0.4) is 0 Å². The number of hydrogen-bond acceptors (Lipinski definition) is 5. The summed E-state index contributed by atoms with van der Waals surface area (Å²) < 4.78 is 10.6. The van der Waals surface area contributed by atoms with Gasteiger partial charge in [-0.15, -0.1) is 0 Å². The van der Waals surface area contributed by atoms with Gasteiger partial charge in [-0.3, -0.25) is 9.59 Å². The van der Waals surface area contributed by atoms with Crippen molar-refractivity contribution in [2.24, 2.45) is 0 Å². The minimum absolute atomic E-state index is 0. The molecule has 3 aromatic rings. The van der Waals surface area contributed by atoms with Gasteiger partial charge in [0, 0.05) is 12.0 Å². The molecule has 0 bridgehead atoms. The van der Waals surface area contributed by atoms with Crippen LogP contribution in [0.1, 0.15) is 96.9 Å². The van der Waals surface area contributed by atoms with Crippen LogP contribution >= 0.6 is 0 Å². The number of benzene rings is 2. The van der Waals surface area contributed by atoms with Gasteiger partial charge in [0.15, 0.2) is 11.5 Å². The van der Waals surface area contributed by atoms with Gasteiger partial charge >= 0.3 is 5.97 Å². The molecule has 4 rings (SSSR count). The van der Waals surface area contributed by atoms with Gasteiger partial charge < -0.3 is 14.5 Å². The highest BCUT2D eigenvalue weighted by atomic mass is 16.5. The van der Waals surface area contributed by atoms with E-state index in [0.717, 1.165) is 24.0 Å². The molecule has 6 nitrogen and oxygen atoms in total. The summed E-state index contributed by atoms with van der Waals surface area (Å²) >= 11 is 0. The Kier molecular flexibility index (Phi) is 8.35. The van der Waals surface area contributed by atoms with Gasteiger partial charge in [0.25, 0.3) is 5.91 Å². The second-order valence-corrected chi connectivity index (χ2v) is 11.2. The summed E-state index contributed by atoms with van der Waals surface area (Å²) in [6, 6.07) is 15.6. The number of carbonyl (C=O) groups excluding carboxylic acids is 3. The summed E-state index contributed by atoms with van der Waals surface area (Å²) in [5, 5.41) is 2.68. The van der Waals surface area contributed by atoms with E-state index in [4.69, 9.17) is 9.15 Å². The molecule has 1 heterocycles. The number of furan rings is 1. The largest absolute Gasteiger partial charge is 0.467 e. The van der Waals surface area contributed by atoms with Crippen LogP contribution < -0.4 is 5.32 Å². The molecule has 0 saturated heterocycles. The van der Waals surface area contributed by atoms with Crippen LogP contribution in [0, 0.1) is 6.92 Å². The number of nitrogens with one attached hydrogen (secondary N) is 1. The van der Waals surface area contributed by atoms with Gasteiger partial charge in [0.2, 0.25) is 5.78 Å². The SMILES string of the molecule is C.COC(=O)[C@H](Cc1ccccc1)NC(=O)c1ccc(C(=O)c2cc3c(cc2C)C(C)(C)CCC3(C)C)o1. The lowest BCUT2D eigenvalue weighted by Crippen LogP contribution is -2.43. The molecule has 6 heteroatoms. The molecule has 1 aliphatic rings. The summed E-state index contributed by atoms with van der Waals surface area (Å²) in [4.78, 5) is 38.7. The van der Waals surface area contributed by atoms with Crippen molar-refractivity contribution < 1.29 is 23.5 Å². The molecule has 38 heavy (non-hydrogen) atoms. The zero-order valence-corrected chi connectivity index (χ0v) is 22.4. The van der Waals surface area contributed by atoms with Crippen molar-refractivity contribution in [1.82, 2.24) is 5.32 Å². The third-order valence-electron chi connectivity index (χ3n) is 7.57. The van der Waals surface area contributed by atoms with E-state index >= 15 is 0 Å². The number of carbonyl (C=O) groups is 3. The van der Waals surface area contributed by atoms with Gasteiger partial charge in [-0.2, -0.15) is 0 Å². The lowest BCUT2D eigenvalue weighted by Gasteiger charge is -2.42. The first-order valence-electron chi connectivity index (χ1n) is 12.7. The minimum atomic E-state index is -0.891. The Balaban J connectivity index is 0.00000400. The maximum absolute atomic E-state index is 13.5. The Morgan fingerprint density at radius 1 is 0.921 bits per heavy atom. The maximum Gasteiger partial charge on any atom is 0.328 e. The monoisotopic (exact) mass is 517 g/mol. The Morgan fingerprint density at radius 3 is 2.11 bits per heavy atom. The number of aryl methyl sites for hydroxylation is 1. The third kappa shape index (κ3) is 5.74. The molecule has 1 atom stereocenters. The number of fused-ring (bicyclic) bond motifs is 1. The summed E-state index contributed by atoms with van der Waals surface area (Å²) in [7, 11) is 1.28. The fourth-order valence-electron chi connectivity index (χ4n) is 5.10. The van der Waals surface area contributed by atoms with Crippen molar-refractivity contribution in [2.75, 3.05) is 7.11 Å². The third-order valence-corrected chi connectivity index (χ3v) is 7.57. The van der Waals surface area contributed by atoms with Crippen LogP contribution in [-0.4, -0.2) is 30.8 Å². The van der Waals surface area contributed by atoms with Crippen LogP contribution in [0.25, 0.3) is 0 Å². The fraction of sp³-hybridized carbons (Fsp3) is 0.406. The van der Waals surface area contributed by atoms with E-state index in [0.29, 0.717) is 5.56 Å². The highest BCUT2D eigenvalue weighted by Crippen LogP contribution is 2.46. The molecule has 0 aliphatic heterocycles. The average molecular weight is 518 g/mol. The Labute approximate surface area is 225 Å². The van der Waals surface area contributed by atoms with Crippen molar-refractivity contribution in [3.63, 3.8) is 0 Å². The molecular weight excluding hydrogens is 478 g/mol. The first-order chi connectivity index (χ1) is 17.4. The average Bonchev–Trinajstić information content (AvgIpc) is 3.36. The van der Waals surface area contributed by atoms with Crippen LogP contribution in [0.5, 0.6) is 0 Å². The maximum atomic E-state index is 13.5. The number of ether oxygens (including phenoxy) is 1. The Morgan fingerprint density at radius 2 is 1.50 bits per heavy atom. The highest BCUT2D eigenvalue weighted by molar-refractivity contribution is 6.09. The molecule has 2 aromatic carbocycles. The van der Waals surface area contributed by atoms with E-state index < -0.39 is 17.9 Å². The van der Waals surface area contributed by atoms with Gasteiger partial charge in [-0.1, -0.05) is 71.5 Å². The highest BCUT2D eigenvalue weighted by Gasteiger charge is 2.38. The molecule has 202 valence electrons. The summed E-state index contributed by atoms with van der Waals surface area (Å²) in [5.74, 6) is -1.38. The number of amides is 1. The summed E-state index contributed by atoms with van der Waals surface area (Å²) in [5.41, 5.74) is 4.80. The van der Waals surface area contributed by atoms with E-state index in [9.17, 15) is 14.4 Å². The van der Waals surface area contributed by atoms with E-state index in [2.05, 4.69) is 39.1 Å². The standard InChI is InChI=1S/C31H35NO5.CH4/c1-19-16-22-23(31(4,5)15-14-30(22,2)3)18-21(19)27(33)25-12-13-26(37-25)28(34)32-24(29(35)36-6)17-20-10-8-7-9-11-20;/h7-13,16,18,24H,14-15,17H2,1-6H3,(H,32,34);1H4/t24-;/m0./s1. The van der Waals surface area contributed by atoms with E-state index in [1.807, 2.05) is 43.3 Å². The fourth-order valence-corrected chi connectivity index (χ4v) is 5.10. The normalized spacial score (nSPS) is 15.9. The molecule has 0 fully saturated rings. The number of esters is 1. The second-order valence-electron chi connectivity index (χ2n) is 11.2. The Hall–Kier alpha value is -3.67. The molecular formula is C32H39NO5. The predicted octanol–water partition coefficient (Wildman–Crippen LogP) is 6.32. The van der Waals surface area contributed by atoms with E-state index in [-0.39, 0.29) is 42.0 Å². The molecule has 1 aliphatic carbocycles. The van der Waals surface area contributed by atoms with Crippen molar-refractivity contribution in [1.29, 1.82) is 0 Å². The zero-order chi connectivity index (χ0) is 27.0. The van der Waals surface area contributed by atoms with Gasteiger partial charge in [-0.05, 0) is 71.0 Å². The first-order valence-corrected chi connectivity index (χ1v) is 12.7. The molecule has 1 aromatic heterocycles. The van der Waals surface area contributed by atoms with E-state index in [1.165, 1.54) is 30.4 Å². The number of hydrogen-bond donors (Lipinski definition) is 1.